The predicted octanol–water partition coefficient (Wildman–Crippen LogP) is 1.61. The summed E-state index contributed by atoms with van der Waals surface area (Å²) in [6, 6.07) is 5.67. The number of nitrogens with one attached hydrogen (secondary N) is 2. The fraction of sp³-hybridized carbons (Fsp3) is 0.353. The third kappa shape index (κ3) is 5.38. The highest BCUT2D eigenvalue weighted by Crippen LogP contribution is 2.19. The van der Waals surface area contributed by atoms with Crippen molar-refractivity contribution in [3.8, 4) is 0 Å². The number of carbonyl (C=O) groups is 2. The number of carbonyl (C=O) groups excluding carboxylic acids is 1. The van der Waals surface area contributed by atoms with E-state index in [1.54, 1.807) is 24.3 Å². The monoisotopic (exact) mass is 395 g/mol. The van der Waals surface area contributed by atoms with Gasteiger partial charge in [0.25, 0.3) is 0 Å². The van der Waals surface area contributed by atoms with Crippen LogP contribution in [-0.4, -0.2) is 36.6 Å². The van der Waals surface area contributed by atoms with Crippen molar-refractivity contribution in [3.63, 3.8) is 0 Å². The van der Waals surface area contributed by atoms with E-state index < -0.39 is 27.9 Å². The van der Waals surface area contributed by atoms with E-state index >= 15 is 0 Å². The maximum absolute atomic E-state index is 12.5. The van der Waals surface area contributed by atoms with Gasteiger partial charge in [-0.3, -0.25) is 9.59 Å². The van der Waals surface area contributed by atoms with E-state index in [4.69, 9.17) is 9.63 Å². The number of nitrogens with zero attached hydrogens (tertiary/aromatic N) is 1. The second-order valence-electron chi connectivity index (χ2n) is 6.08. The molecule has 0 bridgehead atoms. The summed E-state index contributed by atoms with van der Waals surface area (Å²) in [4.78, 5) is 22.9. The second kappa shape index (κ2) is 8.31. The average Bonchev–Trinajstić information content (AvgIpc) is 2.92. The molecule has 10 heteroatoms. The average molecular weight is 395 g/mol. The number of amides is 1. The molecule has 1 heterocycles. The number of anilines is 1. The van der Waals surface area contributed by atoms with Crippen LogP contribution in [-0.2, 0) is 26.0 Å². The number of hydrogen-bond donors (Lipinski definition) is 3. The van der Waals surface area contributed by atoms with E-state index in [-0.39, 0.29) is 22.8 Å². The molecule has 2 aromatic rings. The number of carboxylic acids is 1. The van der Waals surface area contributed by atoms with Gasteiger partial charge in [0.05, 0.1) is 6.04 Å². The standard InChI is InChI=1S/C17H21N3O6S/c1-10-16(12(3)26-19-10)27(24,25)20-11(2)17(23)18-14-6-4-5-13(9-14)7-8-15(21)22/h4-6,9,11,20H,7-8H2,1-3H3,(H,18,23)(H,21,22). The lowest BCUT2D eigenvalue weighted by Gasteiger charge is -2.14. The number of benzene rings is 1. The van der Waals surface area contributed by atoms with Crippen LogP contribution in [0.25, 0.3) is 0 Å². The highest BCUT2D eigenvalue weighted by Gasteiger charge is 2.28. The van der Waals surface area contributed by atoms with Gasteiger partial charge in [0.2, 0.25) is 15.9 Å². The van der Waals surface area contributed by atoms with Crippen molar-refractivity contribution >= 4 is 27.6 Å². The van der Waals surface area contributed by atoms with E-state index in [2.05, 4.69) is 15.2 Å². The van der Waals surface area contributed by atoms with Crippen LogP contribution in [0.15, 0.2) is 33.7 Å². The zero-order valence-corrected chi connectivity index (χ0v) is 16.0. The van der Waals surface area contributed by atoms with Gasteiger partial charge in [-0.1, -0.05) is 17.3 Å². The number of aliphatic carboxylic acids is 1. The maximum Gasteiger partial charge on any atom is 0.303 e. The number of rotatable bonds is 8. The summed E-state index contributed by atoms with van der Waals surface area (Å²) in [5, 5.41) is 15.0. The van der Waals surface area contributed by atoms with Gasteiger partial charge in [0, 0.05) is 12.1 Å². The highest BCUT2D eigenvalue weighted by atomic mass is 32.2. The van der Waals surface area contributed by atoms with Crippen LogP contribution in [0, 0.1) is 13.8 Å². The summed E-state index contributed by atoms with van der Waals surface area (Å²) in [6.45, 7) is 4.39. The normalized spacial score (nSPS) is 12.6. The van der Waals surface area contributed by atoms with Gasteiger partial charge in [-0.05, 0) is 44.9 Å². The molecule has 0 radical (unpaired) electrons. The lowest BCUT2D eigenvalue weighted by Crippen LogP contribution is -2.41. The van der Waals surface area contributed by atoms with Gasteiger partial charge in [-0.2, -0.15) is 4.72 Å². The molecular weight excluding hydrogens is 374 g/mol. The van der Waals surface area contributed by atoms with Crippen molar-refractivity contribution in [3.05, 3.63) is 41.3 Å². The molecule has 2 rings (SSSR count). The smallest absolute Gasteiger partial charge is 0.303 e. The van der Waals surface area contributed by atoms with Crippen molar-refractivity contribution in [2.24, 2.45) is 0 Å². The lowest BCUT2D eigenvalue weighted by molar-refractivity contribution is -0.137. The molecule has 3 N–H and O–H groups in total. The molecule has 1 unspecified atom stereocenters. The zero-order chi connectivity index (χ0) is 20.2. The van der Waals surface area contributed by atoms with E-state index in [1.807, 2.05) is 0 Å². The summed E-state index contributed by atoms with van der Waals surface area (Å²) in [6.07, 6.45) is 0.304. The molecule has 1 amide bonds. The molecule has 1 atom stereocenters. The Balaban J connectivity index is 2.06. The number of sulfonamides is 1. The van der Waals surface area contributed by atoms with Crippen molar-refractivity contribution < 1.29 is 27.6 Å². The van der Waals surface area contributed by atoms with E-state index in [0.717, 1.165) is 5.56 Å². The number of carboxylic acid groups (broad SMARTS) is 1. The van der Waals surface area contributed by atoms with Crippen LogP contribution < -0.4 is 10.0 Å². The second-order valence-corrected chi connectivity index (χ2v) is 7.73. The first kappa shape index (κ1) is 20.6. The Morgan fingerprint density at radius 1 is 1.30 bits per heavy atom. The first-order valence-electron chi connectivity index (χ1n) is 8.17. The Labute approximate surface area is 156 Å². The molecule has 0 spiro atoms. The number of aryl methyl sites for hydroxylation is 3. The summed E-state index contributed by atoms with van der Waals surface area (Å²) in [5.41, 5.74) is 1.41. The van der Waals surface area contributed by atoms with E-state index in [0.29, 0.717) is 12.1 Å². The Morgan fingerprint density at radius 3 is 2.59 bits per heavy atom. The van der Waals surface area contributed by atoms with Gasteiger partial charge in [-0.25, -0.2) is 8.42 Å². The van der Waals surface area contributed by atoms with E-state index in [9.17, 15) is 18.0 Å². The van der Waals surface area contributed by atoms with Crippen molar-refractivity contribution in [1.82, 2.24) is 9.88 Å². The SMILES string of the molecule is Cc1noc(C)c1S(=O)(=O)NC(C)C(=O)Nc1cccc(CCC(=O)O)c1. The zero-order valence-electron chi connectivity index (χ0n) is 15.1. The third-order valence-electron chi connectivity index (χ3n) is 3.78. The Morgan fingerprint density at radius 2 is 2.00 bits per heavy atom. The quantitative estimate of drug-likeness (QED) is 0.617. The minimum atomic E-state index is -3.97. The molecule has 0 fully saturated rings. The minimum Gasteiger partial charge on any atom is -0.481 e. The van der Waals surface area contributed by atoms with Gasteiger partial charge in [0.1, 0.15) is 10.6 Å². The van der Waals surface area contributed by atoms with Gasteiger partial charge in [0.15, 0.2) is 5.76 Å². The summed E-state index contributed by atoms with van der Waals surface area (Å²) < 4.78 is 32.1. The van der Waals surface area contributed by atoms with Crippen LogP contribution >= 0.6 is 0 Å². The highest BCUT2D eigenvalue weighted by molar-refractivity contribution is 7.89. The first-order chi connectivity index (χ1) is 12.6. The first-order valence-corrected chi connectivity index (χ1v) is 9.65. The Bertz CT molecular complexity index is 932. The molecule has 0 aliphatic carbocycles. The van der Waals surface area contributed by atoms with Gasteiger partial charge >= 0.3 is 5.97 Å². The minimum absolute atomic E-state index is 0.0228. The van der Waals surface area contributed by atoms with Crippen molar-refractivity contribution in [1.29, 1.82) is 0 Å². The molecule has 0 saturated heterocycles. The molecule has 0 saturated carbocycles. The van der Waals surface area contributed by atoms with Crippen LogP contribution in [0.3, 0.4) is 0 Å². The molecule has 146 valence electrons. The Kier molecular flexibility index (Phi) is 6.34. The van der Waals surface area contributed by atoms with Crippen molar-refractivity contribution in [2.45, 2.75) is 44.6 Å². The Hall–Kier alpha value is -2.72. The van der Waals surface area contributed by atoms with Crippen LogP contribution in [0.5, 0.6) is 0 Å². The molecule has 27 heavy (non-hydrogen) atoms. The molecule has 0 aliphatic rings. The van der Waals surface area contributed by atoms with E-state index in [1.165, 1.54) is 20.8 Å². The summed E-state index contributed by atoms with van der Waals surface area (Å²) in [5.74, 6) is -1.33. The fourth-order valence-electron chi connectivity index (χ4n) is 2.51. The molecule has 0 aliphatic heterocycles. The summed E-state index contributed by atoms with van der Waals surface area (Å²) in [7, 11) is -3.97. The molecular formula is C17H21N3O6S. The van der Waals surface area contributed by atoms with Gasteiger partial charge < -0.3 is 14.9 Å². The maximum atomic E-state index is 12.5. The molecule has 1 aromatic carbocycles. The summed E-state index contributed by atoms with van der Waals surface area (Å²) >= 11 is 0. The predicted molar refractivity (Wildman–Crippen MR) is 96.8 cm³/mol. The third-order valence-corrected chi connectivity index (χ3v) is 5.57. The van der Waals surface area contributed by atoms with Crippen molar-refractivity contribution in [2.75, 3.05) is 5.32 Å². The van der Waals surface area contributed by atoms with Crippen LogP contribution in [0.4, 0.5) is 5.69 Å². The molecule has 1 aromatic heterocycles. The molecule has 9 nitrogen and oxygen atoms in total. The van der Waals surface area contributed by atoms with Gasteiger partial charge in [-0.15, -0.1) is 0 Å². The number of aromatic nitrogens is 1. The largest absolute Gasteiger partial charge is 0.481 e. The van der Waals surface area contributed by atoms with Crippen LogP contribution in [0.2, 0.25) is 0 Å². The fourth-order valence-corrected chi connectivity index (χ4v) is 4.04. The topological polar surface area (TPSA) is 139 Å². The van der Waals surface area contributed by atoms with Crippen LogP contribution in [0.1, 0.15) is 30.4 Å². The number of hydrogen-bond acceptors (Lipinski definition) is 6. The lowest BCUT2D eigenvalue weighted by atomic mass is 10.1.